The quantitative estimate of drug-likeness (QED) is 0.530. The molecule has 2 aromatic rings. The Kier molecular flexibility index (Phi) is 6.49. The summed E-state index contributed by atoms with van der Waals surface area (Å²) in [4.78, 5) is 0. The molecule has 1 saturated heterocycles. The molecular formula is C25H29F3O2. The minimum absolute atomic E-state index is 0.0456. The molecule has 0 atom stereocenters. The van der Waals surface area contributed by atoms with E-state index in [9.17, 15) is 13.2 Å². The second-order valence-corrected chi connectivity index (χ2v) is 8.62. The lowest BCUT2D eigenvalue weighted by molar-refractivity contribution is -0.228. The smallest absolute Gasteiger partial charge is 0.352 e. The van der Waals surface area contributed by atoms with Crippen LogP contribution in [0, 0.1) is 11.8 Å². The highest BCUT2D eigenvalue weighted by Gasteiger charge is 2.32. The molecule has 1 saturated carbocycles. The van der Waals surface area contributed by atoms with Crippen molar-refractivity contribution in [3.8, 4) is 11.1 Å². The van der Waals surface area contributed by atoms with Crippen LogP contribution in [-0.2, 0) is 15.7 Å². The molecule has 1 heterocycles. The lowest BCUT2D eigenvalue weighted by Gasteiger charge is -2.37. The second-order valence-electron chi connectivity index (χ2n) is 8.62. The maximum Gasteiger partial charge on any atom is 0.416 e. The Morgan fingerprint density at radius 3 is 1.83 bits per heavy atom. The third-order valence-corrected chi connectivity index (χ3v) is 6.65. The molecule has 1 aliphatic heterocycles. The van der Waals surface area contributed by atoms with Crippen LogP contribution in [0.5, 0.6) is 0 Å². The van der Waals surface area contributed by atoms with E-state index in [-0.39, 0.29) is 6.29 Å². The third kappa shape index (κ3) is 4.89. The van der Waals surface area contributed by atoms with Crippen molar-refractivity contribution in [1.29, 1.82) is 0 Å². The zero-order valence-corrected chi connectivity index (χ0v) is 17.3. The van der Waals surface area contributed by atoms with E-state index in [0.29, 0.717) is 17.8 Å². The van der Waals surface area contributed by atoms with E-state index >= 15 is 0 Å². The van der Waals surface area contributed by atoms with Gasteiger partial charge in [0, 0.05) is 11.8 Å². The normalized spacial score (nSPS) is 27.7. The summed E-state index contributed by atoms with van der Waals surface area (Å²) in [5.74, 6) is 1.53. The molecule has 0 bridgehead atoms. The van der Waals surface area contributed by atoms with Crippen molar-refractivity contribution in [2.75, 3.05) is 13.2 Å². The Labute approximate surface area is 176 Å². The van der Waals surface area contributed by atoms with Crippen molar-refractivity contribution in [2.45, 2.75) is 57.4 Å². The predicted molar refractivity (Wildman–Crippen MR) is 111 cm³/mol. The Hall–Kier alpha value is -1.85. The molecule has 2 aliphatic rings. The highest BCUT2D eigenvalue weighted by atomic mass is 19.4. The molecule has 0 N–H and O–H groups in total. The zero-order valence-electron chi connectivity index (χ0n) is 17.3. The Balaban J connectivity index is 1.33. The van der Waals surface area contributed by atoms with Crippen LogP contribution in [0.3, 0.4) is 0 Å². The van der Waals surface area contributed by atoms with Crippen molar-refractivity contribution < 1.29 is 22.6 Å². The standard InChI is InChI=1S/C25H29F3O2/c1-2-17-15-29-24(30-16-17)22-9-7-20(8-10-22)18-3-5-19(6-4-18)21-11-13-23(14-12-21)25(26,27)28/h3-6,11-14,17,20,22,24H,2,7-10,15-16H2,1H3. The van der Waals surface area contributed by atoms with E-state index in [2.05, 4.69) is 19.1 Å². The summed E-state index contributed by atoms with van der Waals surface area (Å²) < 4.78 is 50.2. The van der Waals surface area contributed by atoms with Crippen molar-refractivity contribution in [3.05, 3.63) is 59.7 Å². The summed E-state index contributed by atoms with van der Waals surface area (Å²) in [6.45, 7) is 3.80. The van der Waals surface area contributed by atoms with Gasteiger partial charge < -0.3 is 9.47 Å². The van der Waals surface area contributed by atoms with Crippen molar-refractivity contribution in [2.24, 2.45) is 11.8 Å². The SMILES string of the molecule is CCC1COC(C2CCC(c3ccc(-c4ccc(C(F)(F)F)cc4)cc3)CC2)OC1. The largest absolute Gasteiger partial charge is 0.416 e. The summed E-state index contributed by atoms with van der Waals surface area (Å²) in [5, 5.41) is 0. The highest BCUT2D eigenvalue weighted by Crippen LogP contribution is 2.39. The van der Waals surface area contributed by atoms with Gasteiger partial charge in [-0.3, -0.25) is 0 Å². The van der Waals surface area contributed by atoms with Gasteiger partial charge in [0.1, 0.15) is 0 Å². The lowest BCUT2D eigenvalue weighted by Crippen LogP contribution is -2.38. The lowest BCUT2D eigenvalue weighted by atomic mass is 9.78. The van der Waals surface area contributed by atoms with Crippen LogP contribution in [0.2, 0.25) is 0 Å². The number of hydrogen-bond donors (Lipinski definition) is 0. The Morgan fingerprint density at radius 1 is 0.800 bits per heavy atom. The minimum Gasteiger partial charge on any atom is -0.352 e. The van der Waals surface area contributed by atoms with Gasteiger partial charge in [-0.05, 0) is 66.8 Å². The molecular weight excluding hydrogens is 389 g/mol. The van der Waals surface area contributed by atoms with E-state index in [1.165, 1.54) is 17.7 Å². The topological polar surface area (TPSA) is 18.5 Å². The molecule has 2 nitrogen and oxygen atoms in total. The van der Waals surface area contributed by atoms with Gasteiger partial charge in [0.2, 0.25) is 0 Å². The van der Waals surface area contributed by atoms with Crippen molar-refractivity contribution in [1.82, 2.24) is 0 Å². The van der Waals surface area contributed by atoms with Crippen LogP contribution in [-0.4, -0.2) is 19.5 Å². The molecule has 162 valence electrons. The molecule has 0 amide bonds. The van der Waals surface area contributed by atoms with Gasteiger partial charge in [-0.25, -0.2) is 0 Å². The van der Waals surface area contributed by atoms with E-state index in [1.807, 2.05) is 12.1 Å². The first-order chi connectivity index (χ1) is 14.4. The fourth-order valence-electron chi connectivity index (χ4n) is 4.59. The second kappa shape index (κ2) is 9.11. The molecule has 5 heteroatoms. The fraction of sp³-hybridized carbons (Fsp3) is 0.520. The maximum absolute atomic E-state index is 12.7. The summed E-state index contributed by atoms with van der Waals surface area (Å²) in [6.07, 6.45) is 1.19. The van der Waals surface area contributed by atoms with Gasteiger partial charge in [-0.15, -0.1) is 0 Å². The summed E-state index contributed by atoms with van der Waals surface area (Å²) in [7, 11) is 0. The first-order valence-electron chi connectivity index (χ1n) is 10.9. The van der Waals surface area contributed by atoms with Crippen LogP contribution in [0.1, 0.15) is 56.1 Å². The van der Waals surface area contributed by atoms with Gasteiger partial charge in [0.05, 0.1) is 18.8 Å². The number of hydrogen-bond acceptors (Lipinski definition) is 2. The van der Waals surface area contributed by atoms with E-state index in [4.69, 9.17) is 9.47 Å². The minimum atomic E-state index is -4.30. The van der Waals surface area contributed by atoms with Crippen LogP contribution < -0.4 is 0 Å². The Bertz CT molecular complexity index is 798. The summed E-state index contributed by atoms with van der Waals surface area (Å²) in [5.41, 5.74) is 2.43. The van der Waals surface area contributed by atoms with Crippen LogP contribution in [0.15, 0.2) is 48.5 Å². The van der Waals surface area contributed by atoms with Gasteiger partial charge >= 0.3 is 6.18 Å². The molecule has 30 heavy (non-hydrogen) atoms. The summed E-state index contributed by atoms with van der Waals surface area (Å²) in [6, 6.07) is 13.6. The van der Waals surface area contributed by atoms with Crippen LogP contribution >= 0.6 is 0 Å². The van der Waals surface area contributed by atoms with E-state index in [0.717, 1.165) is 68.6 Å². The van der Waals surface area contributed by atoms with Gasteiger partial charge in [-0.1, -0.05) is 43.3 Å². The predicted octanol–water partition coefficient (Wildman–Crippen LogP) is 7.05. The molecule has 1 aliphatic carbocycles. The van der Waals surface area contributed by atoms with Crippen LogP contribution in [0.4, 0.5) is 13.2 Å². The van der Waals surface area contributed by atoms with Crippen molar-refractivity contribution >= 4 is 0 Å². The molecule has 0 unspecified atom stereocenters. The van der Waals surface area contributed by atoms with E-state index < -0.39 is 11.7 Å². The molecule has 0 radical (unpaired) electrons. The molecule has 0 aromatic heterocycles. The third-order valence-electron chi connectivity index (χ3n) is 6.65. The monoisotopic (exact) mass is 418 g/mol. The molecule has 2 aromatic carbocycles. The molecule has 4 rings (SSSR count). The van der Waals surface area contributed by atoms with Crippen LogP contribution in [0.25, 0.3) is 11.1 Å². The number of halogens is 3. The average molecular weight is 418 g/mol. The number of alkyl halides is 3. The van der Waals surface area contributed by atoms with Gasteiger partial charge in [-0.2, -0.15) is 13.2 Å². The van der Waals surface area contributed by atoms with Crippen molar-refractivity contribution in [3.63, 3.8) is 0 Å². The van der Waals surface area contributed by atoms with Gasteiger partial charge in [0.25, 0.3) is 0 Å². The summed E-state index contributed by atoms with van der Waals surface area (Å²) >= 11 is 0. The first kappa shape index (κ1) is 21.4. The number of rotatable bonds is 4. The molecule has 0 spiro atoms. The zero-order chi connectivity index (χ0) is 21.1. The number of benzene rings is 2. The highest BCUT2D eigenvalue weighted by molar-refractivity contribution is 5.64. The average Bonchev–Trinajstić information content (AvgIpc) is 2.79. The maximum atomic E-state index is 12.7. The Morgan fingerprint density at radius 2 is 1.33 bits per heavy atom. The van der Waals surface area contributed by atoms with Gasteiger partial charge in [0.15, 0.2) is 6.29 Å². The first-order valence-corrected chi connectivity index (χ1v) is 10.9. The fourth-order valence-corrected chi connectivity index (χ4v) is 4.59. The molecule has 2 fully saturated rings. The number of ether oxygens (including phenoxy) is 2. The van der Waals surface area contributed by atoms with E-state index in [1.54, 1.807) is 0 Å².